The zero-order valence-corrected chi connectivity index (χ0v) is 11.5. The van der Waals surface area contributed by atoms with Crippen LogP contribution in [0.15, 0.2) is 24.3 Å². The normalized spacial score (nSPS) is 18.8. The van der Waals surface area contributed by atoms with E-state index in [1.807, 2.05) is 7.05 Å². The van der Waals surface area contributed by atoms with Crippen molar-refractivity contribution in [3.05, 3.63) is 35.4 Å². The van der Waals surface area contributed by atoms with Gasteiger partial charge in [0.05, 0.1) is 0 Å². The second kappa shape index (κ2) is 6.91. The Bertz CT molecular complexity index is 315. The maximum Gasteiger partial charge on any atom is 0.0329 e. The zero-order chi connectivity index (χ0) is 12.8. The Hall–Kier alpha value is -0.860. The van der Waals surface area contributed by atoms with E-state index in [-0.39, 0.29) is 0 Å². The summed E-state index contributed by atoms with van der Waals surface area (Å²) in [6.07, 6.45) is 7.97. The highest BCUT2D eigenvalue weighted by Gasteiger charge is 2.16. The lowest BCUT2D eigenvalue weighted by molar-refractivity contribution is 0.443. The van der Waals surface area contributed by atoms with Gasteiger partial charge in [-0.1, -0.05) is 43.5 Å². The molecule has 18 heavy (non-hydrogen) atoms. The molecule has 1 aliphatic rings. The first-order chi connectivity index (χ1) is 8.85. The molecule has 0 radical (unpaired) electrons. The molecule has 0 saturated heterocycles. The van der Waals surface area contributed by atoms with Crippen molar-refractivity contribution in [3.63, 3.8) is 0 Å². The van der Waals surface area contributed by atoms with Gasteiger partial charge in [-0.2, -0.15) is 0 Å². The Kier molecular flexibility index (Phi) is 5.21. The zero-order valence-electron chi connectivity index (χ0n) is 11.5. The van der Waals surface area contributed by atoms with Gasteiger partial charge in [0, 0.05) is 6.04 Å². The lowest BCUT2D eigenvalue weighted by Crippen LogP contribution is -2.19. The van der Waals surface area contributed by atoms with E-state index < -0.39 is 0 Å². The molecule has 1 atom stereocenters. The molecule has 1 unspecified atom stereocenters. The molecule has 0 aliphatic heterocycles. The molecule has 2 nitrogen and oxygen atoms in total. The van der Waals surface area contributed by atoms with E-state index in [0.717, 1.165) is 18.9 Å². The summed E-state index contributed by atoms with van der Waals surface area (Å²) >= 11 is 0. The van der Waals surface area contributed by atoms with Crippen LogP contribution in [0.5, 0.6) is 0 Å². The number of hydrogen-bond donors (Lipinski definition) is 2. The predicted molar refractivity (Wildman–Crippen MR) is 77.7 cm³/mol. The van der Waals surface area contributed by atoms with E-state index in [4.69, 9.17) is 5.73 Å². The van der Waals surface area contributed by atoms with Crippen LogP contribution < -0.4 is 11.1 Å². The molecular formula is C16H26N2. The molecule has 0 aromatic heterocycles. The van der Waals surface area contributed by atoms with Gasteiger partial charge < -0.3 is 11.1 Å². The summed E-state index contributed by atoms with van der Waals surface area (Å²) in [4.78, 5) is 0. The largest absolute Gasteiger partial charge is 0.330 e. The monoisotopic (exact) mass is 246 g/mol. The topological polar surface area (TPSA) is 38.0 Å². The Labute approximate surface area is 111 Å². The molecule has 1 saturated carbocycles. The third-order valence-electron chi connectivity index (χ3n) is 4.22. The van der Waals surface area contributed by atoms with E-state index in [0.29, 0.717) is 6.04 Å². The van der Waals surface area contributed by atoms with Crippen LogP contribution in [0.4, 0.5) is 0 Å². The quantitative estimate of drug-likeness (QED) is 0.836. The summed E-state index contributed by atoms with van der Waals surface area (Å²) in [6, 6.07) is 9.61. The molecule has 0 bridgehead atoms. The first-order valence-corrected chi connectivity index (χ1v) is 7.32. The second-order valence-electron chi connectivity index (χ2n) is 5.42. The van der Waals surface area contributed by atoms with Crippen molar-refractivity contribution in [1.82, 2.24) is 5.32 Å². The van der Waals surface area contributed by atoms with Crippen molar-refractivity contribution in [2.24, 2.45) is 5.73 Å². The minimum atomic E-state index is 0.399. The molecule has 2 heteroatoms. The fourth-order valence-electron chi connectivity index (χ4n) is 3.08. The Morgan fingerprint density at radius 1 is 1.17 bits per heavy atom. The molecule has 2 rings (SSSR count). The molecule has 100 valence electrons. The maximum absolute atomic E-state index is 5.65. The van der Waals surface area contributed by atoms with Crippen LogP contribution in [0.25, 0.3) is 0 Å². The molecule has 0 amide bonds. The summed E-state index contributed by atoms with van der Waals surface area (Å²) < 4.78 is 0. The smallest absolute Gasteiger partial charge is 0.0329 e. The van der Waals surface area contributed by atoms with E-state index in [9.17, 15) is 0 Å². The van der Waals surface area contributed by atoms with Gasteiger partial charge in [-0.15, -0.1) is 0 Å². The van der Waals surface area contributed by atoms with Gasteiger partial charge in [0.15, 0.2) is 0 Å². The Morgan fingerprint density at radius 3 is 2.39 bits per heavy atom. The van der Waals surface area contributed by atoms with Crippen molar-refractivity contribution in [2.45, 2.75) is 50.5 Å². The van der Waals surface area contributed by atoms with Crippen LogP contribution in [0, 0.1) is 0 Å². The Morgan fingerprint density at radius 2 is 1.83 bits per heavy atom. The first kappa shape index (κ1) is 13.6. The molecule has 0 spiro atoms. The number of benzene rings is 1. The second-order valence-corrected chi connectivity index (χ2v) is 5.42. The third kappa shape index (κ3) is 3.33. The highest BCUT2D eigenvalue weighted by atomic mass is 14.9. The van der Waals surface area contributed by atoms with E-state index in [1.54, 1.807) is 0 Å². The van der Waals surface area contributed by atoms with Gasteiger partial charge in [0.2, 0.25) is 0 Å². The third-order valence-corrected chi connectivity index (χ3v) is 4.22. The van der Waals surface area contributed by atoms with Gasteiger partial charge in [-0.25, -0.2) is 0 Å². The van der Waals surface area contributed by atoms with E-state index in [2.05, 4.69) is 29.6 Å². The fourth-order valence-corrected chi connectivity index (χ4v) is 3.08. The van der Waals surface area contributed by atoms with E-state index >= 15 is 0 Å². The summed E-state index contributed by atoms with van der Waals surface area (Å²) in [7, 11) is 2.01. The van der Waals surface area contributed by atoms with Gasteiger partial charge in [-0.05, 0) is 49.9 Å². The summed E-state index contributed by atoms with van der Waals surface area (Å²) in [5.74, 6) is 0.801. The van der Waals surface area contributed by atoms with Crippen LogP contribution in [-0.2, 0) is 0 Å². The highest BCUT2D eigenvalue weighted by molar-refractivity contribution is 5.27. The molecule has 1 aliphatic carbocycles. The van der Waals surface area contributed by atoms with Crippen LogP contribution in [0.2, 0.25) is 0 Å². The Balaban J connectivity index is 2.03. The molecular weight excluding hydrogens is 220 g/mol. The maximum atomic E-state index is 5.65. The highest BCUT2D eigenvalue weighted by Crippen LogP contribution is 2.33. The van der Waals surface area contributed by atoms with E-state index in [1.165, 1.54) is 43.2 Å². The van der Waals surface area contributed by atoms with Gasteiger partial charge in [0.1, 0.15) is 0 Å². The molecule has 1 aromatic carbocycles. The molecule has 1 fully saturated rings. The average molecular weight is 246 g/mol. The van der Waals surface area contributed by atoms with Crippen molar-refractivity contribution >= 4 is 0 Å². The van der Waals surface area contributed by atoms with Gasteiger partial charge in [0.25, 0.3) is 0 Å². The summed E-state index contributed by atoms with van der Waals surface area (Å²) in [6.45, 7) is 0.732. The number of hydrogen-bond acceptors (Lipinski definition) is 2. The fraction of sp³-hybridized carbons (Fsp3) is 0.625. The number of nitrogens with two attached hydrogens (primary N) is 1. The predicted octanol–water partition coefficient (Wildman–Crippen LogP) is 3.34. The van der Waals surface area contributed by atoms with Crippen molar-refractivity contribution < 1.29 is 0 Å². The van der Waals surface area contributed by atoms with Gasteiger partial charge >= 0.3 is 0 Å². The first-order valence-electron chi connectivity index (χ1n) is 7.32. The van der Waals surface area contributed by atoms with Crippen molar-refractivity contribution in [3.8, 4) is 0 Å². The summed E-state index contributed by atoms with van der Waals surface area (Å²) in [5, 5.41) is 3.34. The lowest BCUT2D eigenvalue weighted by atomic mass is 9.83. The molecule has 1 aromatic rings. The van der Waals surface area contributed by atoms with Crippen LogP contribution in [-0.4, -0.2) is 13.6 Å². The lowest BCUT2D eigenvalue weighted by Gasteiger charge is -2.23. The number of nitrogens with one attached hydrogen (secondary N) is 1. The van der Waals surface area contributed by atoms with Crippen LogP contribution in [0.1, 0.15) is 61.6 Å². The van der Waals surface area contributed by atoms with Crippen molar-refractivity contribution in [1.29, 1.82) is 0 Å². The minimum Gasteiger partial charge on any atom is -0.330 e. The standard InChI is InChI=1S/C16H26N2/c1-18-16(11-12-17)15-9-7-14(8-10-15)13-5-3-2-4-6-13/h7-10,13,16,18H,2-6,11-12,17H2,1H3. The van der Waals surface area contributed by atoms with Crippen LogP contribution in [0.3, 0.4) is 0 Å². The molecule has 0 heterocycles. The average Bonchev–Trinajstić information content (AvgIpc) is 2.46. The van der Waals surface area contributed by atoms with Crippen molar-refractivity contribution in [2.75, 3.05) is 13.6 Å². The van der Waals surface area contributed by atoms with Crippen LogP contribution >= 0.6 is 0 Å². The summed E-state index contributed by atoms with van der Waals surface area (Å²) in [5.41, 5.74) is 8.54. The molecule has 3 N–H and O–H groups in total. The minimum absolute atomic E-state index is 0.399. The number of rotatable bonds is 5. The van der Waals surface area contributed by atoms with Gasteiger partial charge in [-0.3, -0.25) is 0 Å². The SMILES string of the molecule is CNC(CCN)c1ccc(C2CCCCC2)cc1.